The van der Waals surface area contributed by atoms with Gasteiger partial charge in [0.2, 0.25) is 0 Å². The van der Waals surface area contributed by atoms with E-state index in [0.717, 1.165) is 27.8 Å². The number of rotatable bonds is 4. The lowest BCUT2D eigenvalue weighted by atomic mass is 9.93. The number of hydrogen-bond acceptors (Lipinski definition) is 6. The van der Waals surface area contributed by atoms with E-state index < -0.39 is 0 Å². The van der Waals surface area contributed by atoms with Crippen LogP contribution in [0, 0.1) is 6.92 Å². The Bertz CT molecular complexity index is 539. The Hall–Kier alpha value is -0.820. The summed E-state index contributed by atoms with van der Waals surface area (Å²) in [4.78, 5) is 9.19. The molecule has 0 spiro atoms. The van der Waals surface area contributed by atoms with Gasteiger partial charge >= 0.3 is 0 Å². The zero-order chi connectivity index (χ0) is 14.0. The molecule has 0 fully saturated rings. The summed E-state index contributed by atoms with van der Waals surface area (Å²) in [5, 5.41) is 6.34. The van der Waals surface area contributed by atoms with Crippen molar-refractivity contribution in [3.63, 3.8) is 0 Å². The van der Waals surface area contributed by atoms with Gasteiger partial charge < -0.3 is 0 Å². The first-order chi connectivity index (χ1) is 8.90. The average Bonchev–Trinajstić information content (AvgIpc) is 2.94. The van der Waals surface area contributed by atoms with Crippen molar-refractivity contribution in [1.29, 1.82) is 0 Å². The number of nitrogens with one attached hydrogen (secondary N) is 1. The molecule has 0 aliphatic heterocycles. The first kappa shape index (κ1) is 14.6. The normalized spacial score (nSPS) is 13.7. The minimum Gasteiger partial charge on any atom is -0.271 e. The number of aryl methyl sites for hydroxylation is 1. The minimum atomic E-state index is 0.0314. The molecule has 2 aromatic heterocycles. The van der Waals surface area contributed by atoms with Gasteiger partial charge in [0.25, 0.3) is 0 Å². The largest absolute Gasteiger partial charge is 0.271 e. The topological polar surface area (TPSA) is 63.8 Å². The van der Waals surface area contributed by atoms with Crippen molar-refractivity contribution in [3.8, 4) is 0 Å². The molecular weight excluding hydrogens is 276 g/mol. The standard InChI is InChI=1S/C13H20N4S2/c1-8-15-10(6-18-8)9(17-14)5-12-16-11(7-19-12)13(2,3)4/h6-7,9,17H,5,14H2,1-4H3. The van der Waals surface area contributed by atoms with E-state index in [4.69, 9.17) is 10.8 Å². The van der Waals surface area contributed by atoms with Crippen LogP contribution in [0.2, 0.25) is 0 Å². The third kappa shape index (κ3) is 3.60. The van der Waals surface area contributed by atoms with Gasteiger partial charge in [-0.3, -0.25) is 11.3 Å². The average molecular weight is 296 g/mol. The number of nitrogens with two attached hydrogens (primary N) is 1. The number of hydrazine groups is 1. The van der Waals surface area contributed by atoms with Crippen molar-refractivity contribution in [3.05, 3.63) is 32.2 Å². The molecule has 2 heterocycles. The molecule has 2 rings (SSSR count). The van der Waals surface area contributed by atoms with E-state index in [-0.39, 0.29) is 11.5 Å². The van der Waals surface area contributed by atoms with Crippen LogP contribution in [0.25, 0.3) is 0 Å². The molecule has 0 bridgehead atoms. The highest BCUT2D eigenvalue weighted by Gasteiger charge is 2.20. The van der Waals surface area contributed by atoms with Crippen molar-refractivity contribution in [2.24, 2.45) is 5.84 Å². The second kappa shape index (κ2) is 5.66. The molecule has 0 aliphatic rings. The van der Waals surface area contributed by atoms with Crippen LogP contribution in [0.3, 0.4) is 0 Å². The molecule has 0 saturated carbocycles. The van der Waals surface area contributed by atoms with Crippen LogP contribution in [0.4, 0.5) is 0 Å². The summed E-state index contributed by atoms with van der Waals surface area (Å²) in [6.45, 7) is 8.53. The molecule has 1 atom stereocenters. The molecule has 0 radical (unpaired) electrons. The molecule has 0 amide bonds. The summed E-state index contributed by atoms with van der Waals surface area (Å²) in [5.41, 5.74) is 5.07. The van der Waals surface area contributed by atoms with Crippen LogP contribution in [-0.2, 0) is 11.8 Å². The molecule has 6 heteroatoms. The summed E-state index contributed by atoms with van der Waals surface area (Å²) in [6, 6.07) is 0.0314. The highest BCUT2D eigenvalue weighted by Crippen LogP contribution is 2.26. The third-order valence-electron chi connectivity index (χ3n) is 2.89. The summed E-state index contributed by atoms with van der Waals surface area (Å²) in [6.07, 6.45) is 0.778. The van der Waals surface area contributed by atoms with E-state index in [9.17, 15) is 0 Å². The van der Waals surface area contributed by atoms with Crippen molar-refractivity contribution < 1.29 is 0 Å². The van der Waals surface area contributed by atoms with Crippen LogP contribution in [0.15, 0.2) is 10.8 Å². The lowest BCUT2D eigenvalue weighted by Crippen LogP contribution is -2.29. The molecular formula is C13H20N4S2. The fourth-order valence-electron chi connectivity index (χ4n) is 1.71. The van der Waals surface area contributed by atoms with Crippen molar-refractivity contribution in [2.75, 3.05) is 0 Å². The summed E-state index contributed by atoms with van der Waals surface area (Å²) < 4.78 is 0. The van der Waals surface area contributed by atoms with Crippen LogP contribution in [0.5, 0.6) is 0 Å². The lowest BCUT2D eigenvalue weighted by Gasteiger charge is -2.15. The quantitative estimate of drug-likeness (QED) is 0.672. The van der Waals surface area contributed by atoms with Gasteiger partial charge in [0.15, 0.2) is 0 Å². The van der Waals surface area contributed by atoms with Gasteiger partial charge in [-0.2, -0.15) is 0 Å². The molecule has 0 saturated heterocycles. The monoisotopic (exact) mass is 296 g/mol. The van der Waals surface area contributed by atoms with Gasteiger partial charge in [0.05, 0.1) is 27.4 Å². The van der Waals surface area contributed by atoms with Gasteiger partial charge in [-0.25, -0.2) is 9.97 Å². The third-order valence-corrected chi connectivity index (χ3v) is 4.56. The Labute approximate surface area is 122 Å². The Balaban J connectivity index is 2.13. The first-order valence-corrected chi connectivity index (χ1v) is 7.99. The molecule has 4 nitrogen and oxygen atoms in total. The molecule has 0 aromatic carbocycles. The second-order valence-corrected chi connectivity index (χ2v) is 7.60. The second-order valence-electron chi connectivity index (χ2n) is 5.59. The summed E-state index contributed by atoms with van der Waals surface area (Å²) >= 11 is 3.33. The van der Waals surface area contributed by atoms with E-state index >= 15 is 0 Å². The van der Waals surface area contributed by atoms with Gasteiger partial charge in [-0.15, -0.1) is 22.7 Å². The van der Waals surface area contributed by atoms with Crippen LogP contribution in [-0.4, -0.2) is 9.97 Å². The maximum atomic E-state index is 5.65. The Morgan fingerprint density at radius 1 is 1.26 bits per heavy atom. The van der Waals surface area contributed by atoms with E-state index in [1.54, 1.807) is 22.7 Å². The van der Waals surface area contributed by atoms with Crippen LogP contribution in [0.1, 0.15) is 48.2 Å². The first-order valence-electron chi connectivity index (χ1n) is 6.23. The maximum absolute atomic E-state index is 5.65. The highest BCUT2D eigenvalue weighted by atomic mass is 32.1. The van der Waals surface area contributed by atoms with E-state index in [2.05, 4.69) is 41.9 Å². The molecule has 0 aliphatic carbocycles. The van der Waals surface area contributed by atoms with Gasteiger partial charge in [0, 0.05) is 22.6 Å². The summed E-state index contributed by atoms with van der Waals surface area (Å²) in [7, 11) is 0. The zero-order valence-corrected chi connectivity index (χ0v) is 13.4. The minimum absolute atomic E-state index is 0.0314. The van der Waals surface area contributed by atoms with Crippen molar-refractivity contribution in [1.82, 2.24) is 15.4 Å². The van der Waals surface area contributed by atoms with Crippen molar-refractivity contribution >= 4 is 22.7 Å². The SMILES string of the molecule is Cc1nc(C(Cc2nc(C(C)(C)C)cs2)NN)cs1. The number of nitrogens with zero attached hydrogens (tertiary/aromatic N) is 2. The van der Waals surface area contributed by atoms with E-state index in [0.29, 0.717) is 0 Å². The van der Waals surface area contributed by atoms with Gasteiger partial charge in [-0.05, 0) is 6.92 Å². The maximum Gasteiger partial charge on any atom is 0.0948 e. The molecule has 3 N–H and O–H groups in total. The molecule has 104 valence electrons. The van der Waals surface area contributed by atoms with Crippen LogP contribution < -0.4 is 11.3 Å². The van der Waals surface area contributed by atoms with E-state index in [1.807, 2.05) is 6.92 Å². The Morgan fingerprint density at radius 2 is 2.00 bits per heavy atom. The summed E-state index contributed by atoms with van der Waals surface area (Å²) in [5.74, 6) is 5.65. The highest BCUT2D eigenvalue weighted by molar-refractivity contribution is 7.10. The predicted octanol–water partition coefficient (Wildman–Crippen LogP) is 2.95. The van der Waals surface area contributed by atoms with Gasteiger partial charge in [-0.1, -0.05) is 20.8 Å². The molecule has 19 heavy (non-hydrogen) atoms. The number of hydrogen-bond donors (Lipinski definition) is 2. The number of aromatic nitrogens is 2. The fourth-order valence-corrected chi connectivity index (χ4v) is 3.45. The zero-order valence-electron chi connectivity index (χ0n) is 11.7. The fraction of sp³-hybridized carbons (Fsp3) is 0.538. The van der Waals surface area contributed by atoms with Crippen LogP contribution >= 0.6 is 22.7 Å². The van der Waals surface area contributed by atoms with Crippen molar-refractivity contribution in [2.45, 2.75) is 45.6 Å². The smallest absolute Gasteiger partial charge is 0.0948 e. The van der Waals surface area contributed by atoms with E-state index in [1.165, 1.54) is 0 Å². The molecule has 2 aromatic rings. The molecule has 1 unspecified atom stereocenters. The van der Waals surface area contributed by atoms with Gasteiger partial charge in [0.1, 0.15) is 0 Å². The Morgan fingerprint density at radius 3 is 2.47 bits per heavy atom. The Kier molecular flexibility index (Phi) is 4.35. The number of thiazole rings is 2. The lowest BCUT2D eigenvalue weighted by molar-refractivity contribution is 0.532. The predicted molar refractivity (Wildman–Crippen MR) is 81.4 cm³/mol.